The van der Waals surface area contributed by atoms with Gasteiger partial charge in [-0.2, -0.15) is 0 Å². The number of nitriles is 1. The summed E-state index contributed by atoms with van der Waals surface area (Å²) >= 11 is 2.79. The molecular formula is CH2FeNO. The molecule has 3 heteroatoms. The number of hydrogen-bond acceptors (Lipinski definition) is 1. The molecular weight excluding hydrogens is 97.9 g/mol. The molecule has 0 saturated carbocycles. The first-order valence-electron chi connectivity index (χ1n) is 0.400. The van der Waals surface area contributed by atoms with Crippen LogP contribution in [0.3, 0.4) is 0 Å². The van der Waals surface area contributed by atoms with Gasteiger partial charge in [0.1, 0.15) is 0 Å². The summed E-state index contributed by atoms with van der Waals surface area (Å²) in [5.74, 6) is 0. The third-order valence-corrected chi connectivity index (χ3v) is 0. The van der Waals surface area contributed by atoms with E-state index in [1.54, 1.807) is 0 Å². The predicted octanol–water partition coefficient (Wildman–Crippen LogP) is -0.810. The molecule has 0 aliphatic rings. The molecule has 0 radical (unpaired) electrons. The Morgan fingerprint density at radius 1 is 1.75 bits per heavy atom. The zero-order valence-electron chi connectivity index (χ0n) is 1.80. The van der Waals surface area contributed by atoms with Gasteiger partial charge in [-0.3, -0.25) is 0 Å². The normalized spacial score (nSPS) is 2.00. The zero-order valence-corrected chi connectivity index (χ0v) is 2.90. The van der Waals surface area contributed by atoms with Gasteiger partial charge in [-0.15, -0.1) is 0 Å². The van der Waals surface area contributed by atoms with E-state index < -0.39 is 0 Å². The van der Waals surface area contributed by atoms with Crippen LogP contribution in [0.2, 0.25) is 0 Å². The van der Waals surface area contributed by atoms with E-state index in [0.717, 1.165) is 0 Å². The Morgan fingerprint density at radius 3 is 1.75 bits per heavy atom. The molecule has 2 N–H and O–H groups in total. The molecule has 0 aliphatic carbocycles. The van der Waals surface area contributed by atoms with E-state index in [-0.39, 0.29) is 5.48 Å². The summed E-state index contributed by atoms with van der Waals surface area (Å²) in [7, 11) is 0. The van der Waals surface area contributed by atoms with Crippen LogP contribution in [0.4, 0.5) is 0 Å². The zero-order chi connectivity index (χ0) is 2.71. The maximum Gasteiger partial charge on any atom is -0.412 e. The Labute approximate surface area is 32.5 Å². The first-order valence-corrected chi connectivity index (χ1v) is 0.952. The van der Waals surface area contributed by atoms with Gasteiger partial charge in [-0.25, -0.2) is 0 Å². The van der Waals surface area contributed by atoms with Gasteiger partial charge in [0.25, 0.3) is 0 Å². The Balaban J connectivity index is 0. The number of nitrogens with zero attached hydrogens (tertiary/aromatic N) is 1. The maximum absolute atomic E-state index is 7.21. The van der Waals surface area contributed by atoms with Gasteiger partial charge in [-0.05, 0) is 0 Å². The van der Waals surface area contributed by atoms with E-state index in [2.05, 4.69) is 16.0 Å². The molecule has 0 atom stereocenters. The van der Waals surface area contributed by atoms with Gasteiger partial charge in [-0.1, -0.05) is 0 Å². The molecule has 0 aliphatic heterocycles. The van der Waals surface area contributed by atoms with Crippen molar-refractivity contribution in [1.29, 1.82) is 5.26 Å². The molecule has 0 spiro atoms. The van der Waals surface area contributed by atoms with Crippen LogP contribution in [0.25, 0.3) is 0 Å². The second-order valence-corrected chi connectivity index (χ2v) is 0.326. The first-order chi connectivity index (χ1) is 1.41. The molecule has 0 rings (SSSR count). The minimum absolute atomic E-state index is 0. The van der Waals surface area contributed by atoms with Gasteiger partial charge in [0.05, 0.1) is 0 Å². The molecule has 0 aromatic carbocycles. The van der Waals surface area contributed by atoms with Gasteiger partial charge >= 0.3 is 26.2 Å². The first kappa shape index (κ1) is 9.02. The predicted molar refractivity (Wildman–Crippen MR) is 9.23 cm³/mol. The average Bonchev–Trinajstić information content (AvgIpc) is 0.918. The quantitative estimate of drug-likeness (QED) is 0.367. The molecule has 0 heterocycles. The van der Waals surface area contributed by atoms with Crippen molar-refractivity contribution in [1.82, 2.24) is 0 Å². The molecule has 4 heavy (non-hydrogen) atoms. The second-order valence-electron chi connectivity index (χ2n) is 0.0791. The summed E-state index contributed by atoms with van der Waals surface area (Å²) in [4.78, 5) is 1.50. The summed E-state index contributed by atoms with van der Waals surface area (Å²) in [6.45, 7) is 0. The van der Waals surface area contributed by atoms with E-state index in [9.17, 15) is 0 Å². The van der Waals surface area contributed by atoms with Crippen LogP contribution in [0.1, 0.15) is 0 Å². The van der Waals surface area contributed by atoms with Crippen molar-refractivity contribution >= 4 is 0 Å². The summed E-state index contributed by atoms with van der Waals surface area (Å²) in [5, 5.41) is 7.21. The van der Waals surface area contributed by atoms with E-state index >= 15 is 0 Å². The van der Waals surface area contributed by atoms with Crippen LogP contribution >= 0.6 is 0 Å². The molecule has 0 fully saturated rings. The van der Waals surface area contributed by atoms with E-state index in [0.29, 0.717) is 0 Å². The molecule has 0 unspecified atom stereocenters. The SMILES string of the molecule is N#[C][Fe].O. The Hall–Kier alpha value is -0.0305. The fourth-order valence-electron chi connectivity index (χ4n) is 0. The molecule has 0 aromatic heterocycles. The molecule has 0 bridgehead atoms. The Kier molecular flexibility index (Phi) is 27.6. The van der Waals surface area contributed by atoms with Crippen molar-refractivity contribution < 1.29 is 21.5 Å². The van der Waals surface area contributed by atoms with Gasteiger partial charge < -0.3 is 5.48 Å². The Bertz CT molecular complexity index is 29.5. The van der Waals surface area contributed by atoms with E-state index in [1.807, 2.05) is 0 Å². The summed E-state index contributed by atoms with van der Waals surface area (Å²) < 4.78 is 0. The molecule has 2 nitrogen and oxygen atoms in total. The van der Waals surface area contributed by atoms with Gasteiger partial charge in [0, 0.05) is 0 Å². The second kappa shape index (κ2) is 12.3. The molecule has 0 amide bonds. The van der Waals surface area contributed by atoms with Crippen LogP contribution < -0.4 is 0 Å². The molecule has 0 aromatic rings. The fourth-order valence-corrected chi connectivity index (χ4v) is 0. The van der Waals surface area contributed by atoms with Crippen LogP contribution in [0.5, 0.6) is 0 Å². The van der Waals surface area contributed by atoms with Crippen molar-refractivity contribution in [2.24, 2.45) is 0 Å². The summed E-state index contributed by atoms with van der Waals surface area (Å²) in [6, 6.07) is 0. The average molecular weight is 99.9 g/mol. The van der Waals surface area contributed by atoms with Crippen molar-refractivity contribution in [3.8, 4) is 4.97 Å². The third kappa shape index (κ3) is 1990. The van der Waals surface area contributed by atoms with Crippen LogP contribution in [0.15, 0.2) is 0 Å². The topological polar surface area (TPSA) is 55.3 Å². The minimum Gasteiger partial charge on any atom is -0.412 e. The monoisotopic (exact) mass is 99.9 g/mol. The minimum atomic E-state index is 0. The summed E-state index contributed by atoms with van der Waals surface area (Å²) in [6.07, 6.45) is 0. The van der Waals surface area contributed by atoms with Crippen LogP contribution in [-0.4, -0.2) is 5.48 Å². The number of rotatable bonds is 0. The maximum atomic E-state index is 7.21. The van der Waals surface area contributed by atoms with Crippen LogP contribution in [0, 0.1) is 10.2 Å². The molecule has 0 saturated heterocycles. The van der Waals surface area contributed by atoms with E-state index in [4.69, 9.17) is 5.26 Å². The molecule has 25 valence electrons. The van der Waals surface area contributed by atoms with Crippen molar-refractivity contribution in [2.45, 2.75) is 0 Å². The smallest absolute Gasteiger partial charge is 0.412 e. The Morgan fingerprint density at radius 2 is 1.75 bits per heavy atom. The standard InChI is InChI=1S/CN.Fe.H2O/c1-2;;/h;;1H2. The van der Waals surface area contributed by atoms with Crippen molar-refractivity contribution in [3.63, 3.8) is 0 Å². The largest absolute Gasteiger partial charge is 0.412 e. The van der Waals surface area contributed by atoms with Crippen molar-refractivity contribution in [3.05, 3.63) is 0 Å². The number of hydrogen-bond donors (Lipinski definition) is 0. The van der Waals surface area contributed by atoms with E-state index in [1.165, 1.54) is 4.97 Å². The summed E-state index contributed by atoms with van der Waals surface area (Å²) in [5.41, 5.74) is 0. The van der Waals surface area contributed by atoms with Gasteiger partial charge in [0.15, 0.2) is 0 Å². The fraction of sp³-hybridized carbons (Fsp3) is 0. The van der Waals surface area contributed by atoms with Crippen molar-refractivity contribution in [2.75, 3.05) is 0 Å². The van der Waals surface area contributed by atoms with Crippen LogP contribution in [-0.2, 0) is 16.0 Å². The third-order valence-electron chi connectivity index (χ3n) is 0. The van der Waals surface area contributed by atoms with Gasteiger partial charge in [0.2, 0.25) is 0 Å².